The zero-order chi connectivity index (χ0) is 13.8. The third-order valence-corrected chi connectivity index (χ3v) is 3.06. The number of benzene rings is 1. The highest BCUT2D eigenvalue weighted by atomic mass is 79.9. The maximum absolute atomic E-state index is 13.1. The highest BCUT2D eigenvalue weighted by Crippen LogP contribution is 2.12. The van der Waals surface area contributed by atoms with Crippen LogP contribution < -0.4 is 0 Å². The molecule has 1 aromatic carbocycles. The van der Waals surface area contributed by atoms with Crippen molar-refractivity contribution in [1.82, 2.24) is 9.88 Å². The van der Waals surface area contributed by atoms with Gasteiger partial charge in [0.05, 0.1) is 0 Å². The Morgan fingerprint density at radius 2 is 2.16 bits per heavy atom. The molecule has 2 aromatic rings. The quantitative estimate of drug-likeness (QED) is 0.813. The minimum absolute atomic E-state index is 0.132. The molecule has 0 saturated heterocycles. The Bertz CT molecular complexity index is 604. The van der Waals surface area contributed by atoms with Crippen LogP contribution in [0.1, 0.15) is 15.9 Å². The van der Waals surface area contributed by atoms with Crippen molar-refractivity contribution in [3.63, 3.8) is 0 Å². The highest BCUT2D eigenvalue weighted by molar-refractivity contribution is 9.10. The average molecular weight is 323 g/mol. The first-order chi connectivity index (χ1) is 9.06. The predicted molar refractivity (Wildman–Crippen MR) is 74.1 cm³/mol. The number of hydrogen-bond acceptors (Lipinski definition) is 2. The van der Waals surface area contributed by atoms with Crippen molar-refractivity contribution in [3.05, 3.63) is 64.1 Å². The van der Waals surface area contributed by atoms with E-state index in [0.29, 0.717) is 16.7 Å². The van der Waals surface area contributed by atoms with Gasteiger partial charge in [-0.25, -0.2) is 9.37 Å². The molecule has 0 atom stereocenters. The second-order valence-corrected chi connectivity index (χ2v) is 4.97. The lowest BCUT2D eigenvalue weighted by molar-refractivity contribution is 0.0784. The molecule has 0 aliphatic heterocycles. The fraction of sp³-hybridized carbons (Fsp3) is 0.143. The zero-order valence-electron chi connectivity index (χ0n) is 10.3. The lowest BCUT2D eigenvalue weighted by Crippen LogP contribution is -2.26. The van der Waals surface area contributed by atoms with Crippen LogP contribution in [0.4, 0.5) is 4.39 Å². The third kappa shape index (κ3) is 3.61. The Hall–Kier alpha value is -1.75. The zero-order valence-corrected chi connectivity index (χ0v) is 11.9. The van der Waals surface area contributed by atoms with Gasteiger partial charge in [-0.05, 0) is 45.8 Å². The first-order valence-corrected chi connectivity index (χ1v) is 6.47. The van der Waals surface area contributed by atoms with E-state index < -0.39 is 0 Å². The van der Waals surface area contributed by atoms with Gasteiger partial charge in [-0.3, -0.25) is 4.79 Å². The van der Waals surface area contributed by atoms with Gasteiger partial charge in [0.1, 0.15) is 10.4 Å². The summed E-state index contributed by atoms with van der Waals surface area (Å²) in [7, 11) is 1.68. The Kier molecular flexibility index (Phi) is 4.27. The fourth-order valence-corrected chi connectivity index (χ4v) is 2.10. The maximum atomic E-state index is 13.1. The van der Waals surface area contributed by atoms with Crippen molar-refractivity contribution in [2.24, 2.45) is 0 Å². The van der Waals surface area contributed by atoms with Crippen LogP contribution in [0.2, 0.25) is 0 Å². The van der Waals surface area contributed by atoms with Crippen molar-refractivity contribution in [3.8, 4) is 0 Å². The maximum Gasteiger partial charge on any atom is 0.254 e. The second-order valence-electron chi connectivity index (χ2n) is 4.16. The number of carbonyl (C=O) groups is 1. The van der Waals surface area contributed by atoms with Crippen LogP contribution in [0.5, 0.6) is 0 Å². The summed E-state index contributed by atoms with van der Waals surface area (Å²) in [5.74, 6) is -0.433. The Balaban J connectivity index is 2.12. The molecule has 1 amide bonds. The number of halogens is 2. The fourth-order valence-electron chi connectivity index (χ4n) is 1.74. The molecule has 3 nitrogen and oxygen atoms in total. The van der Waals surface area contributed by atoms with Crippen LogP contribution in [0.3, 0.4) is 0 Å². The van der Waals surface area contributed by atoms with Crippen LogP contribution >= 0.6 is 15.9 Å². The molecule has 0 aliphatic carbocycles. The van der Waals surface area contributed by atoms with E-state index in [1.165, 1.54) is 17.0 Å². The van der Waals surface area contributed by atoms with E-state index in [2.05, 4.69) is 20.9 Å². The van der Waals surface area contributed by atoms with E-state index in [0.717, 1.165) is 5.56 Å². The molecule has 0 spiro atoms. The second kappa shape index (κ2) is 5.93. The number of hydrogen-bond donors (Lipinski definition) is 0. The molecular formula is C14H12BrFN2O. The van der Waals surface area contributed by atoms with Gasteiger partial charge < -0.3 is 4.90 Å². The van der Waals surface area contributed by atoms with E-state index in [1.807, 2.05) is 0 Å². The molecule has 5 heteroatoms. The van der Waals surface area contributed by atoms with Crippen LogP contribution in [0, 0.1) is 5.82 Å². The van der Waals surface area contributed by atoms with Gasteiger partial charge in [-0.15, -0.1) is 0 Å². The molecular weight excluding hydrogens is 311 g/mol. The van der Waals surface area contributed by atoms with Gasteiger partial charge in [-0.1, -0.05) is 12.1 Å². The number of pyridine rings is 1. The number of nitrogens with zero attached hydrogens (tertiary/aromatic N) is 2. The molecule has 0 fully saturated rings. The summed E-state index contributed by atoms with van der Waals surface area (Å²) in [6.45, 7) is 0.358. The summed E-state index contributed by atoms with van der Waals surface area (Å²) in [5, 5.41) is 0. The van der Waals surface area contributed by atoms with E-state index in [4.69, 9.17) is 0 Å². The van der Waals surface area contributed by atoms with E-state index in [-0.39, 0.29) is 11.7 Å². The van der Waals surface area contributed by atoms with E-state index in [9.17, 15) is 9.18 Å². The molecule has 1 heterocycles. The van der Waals surface area contributed by atoms with Crippen molar-refractivity contribution in [2.45, 2.75) is 6.54 Å². The first kappa shape index (κ1) is 13.7. The van der Waals surface area contributed by atoms with E-state index >= 15 is 0 Å². The topological polar surface area (TPSA) is 33.2 Å². The smallest absolute Gasteiger partial charge is 0.254 e. The van der Waals surface area contributed by atoms with Crippen LogP contribution in [-0.2, 0) is 6.54 Å². The van der Waals surface area contributed by atoms with Gasteiger partial charge >= 0.3 is 0 Å². The molecule has 98 valence electrons. The lowest BCUT2D eigenvalue weighted by Gasteiger charge is -2.17. The molecule has 0 saturated carbocycles. The van der Waals surface area contributed by atoms with Crippen molar-refractivity contribution < 1.29 is 9.18 Å². The molecule has 0 N–H and O–H groups in total. The molecule has 0 unspecified atom stereocenters. The normalized spacial score (nSPS) is 10.3. The van der Waals surface area contributed by atoms with Crippen LogP contribution in [-0.4, -0.2) is 22.8 Å². The van der Waals surface area contributed by atoms with Crippen molar-refractivity contribution in [1.29, 1.82) is 0 Å². The minimum atomic E-state index is -0.301. The molecule has 2 rings (SSSR count). The molecule has 0 radical (unpaired) electrons. The summed E-state index contributed by atoms with van der Waals surface area (Å²) >= 11 is 3.22. The van der Waals surface area contributed by atoms with Crippen molar-refractivity contribution >= 4 is 21.8 Å². The predicted octanol–water partition coefficient (Wildman–Crippen LogP) is 3.26. The summed E-state index contributed by atoms with van der Waals surface area (Å²) < 4.78 is 13.7. The summed E-state index contributed by atoms with van der Waals surface area (Å²) in [6.07, 6.45) is 1.56. The molecule has 0 bridgehead atoms. The lowest BCUT2D eigenvalue weighted by atomic mass is 10.2. The molecule has 0 aliphatic rings. The summed E-state index contributed by atoms with van der Waals surface area (Å²) in [4.78, 5) is 17.7. The summed E-state index contributed by atoms with van der Waals surface area (Å²) in [6, 6.07) is 9.53. The SMILES string of the molecule is CN(Cc1cccc(F)c1)C(=O)c1ccnc(Br)c1. The standard InChI is InChI=1S/C14H12BrFN2O/c1-18(9-10-3-2-4-12(16)7-10)14(19)11-5-6-17-13(15)8-11/h2-8H,9H2,1H3. The Morgan fingerprint density at radius 3 is 2.84 bits per heavy atom. The number of carbonyl (C=O) groups excluding carboxylic acids is 1. The third-order valence-electron chi connectivity index (χ3n) is 2.63. The Morgan fingerprint density at radius 1 is 1.37 bits per heavy atom. The molecule has 1 aromatic heterocycles. The number of rotatable bonds is 3. The van der Waals surface area contributed by atoms with Crippen LogP contribution in [0.25, 0.3) is 0 Å². The monoisotopic (exact) mass is 322 g/mol. The number of amides is 1. The van der Waals surface area contributed by atoms with Gasteiger partial charge in [0, 0.05) is 25.4 Å². The minimum Gasteiger partial charge on any atom is -0.337 e. The van der Waals surface area contributed by atoms with Crippen molar-refractivity contribution in [2.75, 3.05) is 7.05 Å². The first-order valence-electron chi connectivity index (χ1n) is 5.68. The van der Waals surface area contributed by atoms with Crippen LogP contribution in [0.15, 0.2) is 47.2 Å². The van der Waals surface area contributed by atoms with Gasteiger partial charge in [-0.2, -0.15) is 0 Å². The van der Waals surface area contributed by atoms with E-state index in [1.54, 1.807) is 37.5 Å². The Labute approximate surface area is 119 Å². The van der Waals surface area contributed by atoms with Gasteiger partial charge in [0.2, 0.25) is 0 Å². The van der Waals surface area contributed by atoms with Gasteiger partial charge in [0.25, 0.3) is 5.91 Å². The summed E-state index contributed by atoms with van der Waals surface area (Å²) in [5.41, 5.74) is 1.30. The highest BCUT2D eigenvalue weighted by Gasteiger charge is 2.12. The van der Waals surface area contributed by atoms with Gasteiger partial charge in [0.15, 0.2) is 0 Å². The number of aromatic nitrogens is 1. The molecule has 19 heavy (non-hydrogen) atoms. The average Bonchev–Trinajstić information content (AvgIpc) is 2.38. The largest absolute Gasteiger partial charge is 0.337 e.